The Bertz CT molecular complexity index is 357. The van der Waals surface area contributed by atoms with Gasteiger partial charge in [-0.3, -0.25) is 10.2 Å². The molecule has 1 rings (SSSR count). The highest BCUT2D eigenvalue weighted by Gasteiger charge is 2.05. The fourth-order valence-electron chi connectivity index (χ4n) is 0.952. The maximum absolute atomic E-state index is 10.9. The van der Waals surface area contributed by atoms with E-state index >= 15 is 0 Å². The van der Waals surface area contributed by atoms with Crippen molar-refractivity contribution in [1.82, 2.24) is 5.43 Å². The van der Waals surface area contributed by atoms with Gasteiger partial charge in [0.25, 0.3) is 0 Å². The van der Waals surface area contributed by atoms with E-state index in [1.54, 1.807) is 25.3 Å². The van der Waals surface area contributed by atoms with Gasteiger partial charge in [-0.1, -0.05) is 0 Å². The van der Waals surface area contributed by atoms with Crippen LogP contribution in [0, 0.1) is 0 Å². The average Bonchev–Trinajstić information content (AvgIpc) is 2.27. The summed E-state index contributed by atoms with van der Waals surface area (Å²) in [6, 6.07) is 5.29. The van der Waals surface area contributed by atoms with Crippen LogP contribution in [0.4, 0.5) is 5.69 Å². The number of benzene rings is 1. The number of carbonyl (C=O) groups is 1. The Hall–Kier alpha value is -1.40. The molecule has 5 N–H and O–H groups in total. The second-order valence-electron chi connectivity index (χ2n) is 2.76. The van der Waals surface area contributed by atoms with Gasteiger partial charge in [-0.15, -0.1) is 11.8 Å². The minimum atomic E-state index is -0.248. The molecule has 1 aromatic carbocycles. The number of rotatable bonds is 4. The molecule has 0 aliphatic rings. The average molecular weight is 227 g/mol. The summed E-state index contributed by atoms with van der Waals surface area (Å²) in [6.07, 6.45) is 0. The summed E-state index contributed by atoms with van der Waals surface area (Å²) in [7, 11) is 1.58. The van der Waals surface area contributed by atoms with Crippen LogP contribution in [0.15, 0.2) is 23.1 Å². The molecule has 0 fully saturated rings. The number of ether oxygens (including phenoxy) is 1. The molecule has 0 heterocycles. The van der Waals surface area contributed by atoms with Gasteiger partial charge in [0.15, 0.2) is 0 Å². The first-order valence-electron chi connectivity index (χ1n) is 4.23. The molecule has 1 amide bonds. The lowest BCUT2D eigenvalue weighted by Gasteiger charge is -2.07. The Kier molecular flexibility index (Phi) is 4.26. The Labute approximate surface area is 92.1 Å². The van der Waals surface area contributed by atoms with Gasteiger partial charge in [-0.05, 0) is 18.2 Å². The normalized spacial score (nSPS) is 9.73. The van der Waals surface area contributed by atoms with E-state index in [2.05, 4.69) is 5.43 Å². The van der Waals surface area contributed by atoms with E-state index in [9.17, 15) is 4.79 Å². The first-order chi connectivity index (χ1) is 7.17. The third kappa shape index (κ3) is 3.34. The predicted octanol–water partition coefficient (Wildman–Crippen LogP) is 0.359. The molecule has 0 spiro atoms. The number of hydrazine groups is 1. The van der Waals surface area contributed by atoms with Gasteiger partial charge in [0, 0.05) is 10.6 Å². The second-order valence-corrected chi connectivity index (χ2v) is 3.78. The van der Waals surface area contributed by atoms with E-state index in [1.165, 1.54) is 11.8 Å². The van der Waals surface area contributed by atoms with Crippen molar-refractivity contribution in [2.75, 3.05) is 18.6 Å². The molecule has 0 unspecified atom stereocenters. The van der Waals surface area contributed by atoms with Crippen molar-refractivity contribution in [3.8, 4) is 5.75 Å². The van der Waals surface area contributed by atoms with Gasteiger partial charge in [-0.25, -0.2) is 5.84 Å². The molecule has 82 valence electrons. The van der Waals surface area contributed by atoms with E-state index in [1.807, 2.05) is 0 Å². The summed E-state index contributed by atoms with van der Waals surface area (Å²) in [4.78, 5) is 11.7. The van der Waals surface area contributed by atoms with Crippen molar-refractivity contribution < 1.29 is 9.53 Å². The molecule has 15 heavy (non-hydrogen) atoms. The van der Waals surface area contributed by atoms with Gasteiger partial charge >= 0.3 is 0 Å². The first kappa shape index (κ1) is 11.7. The maximum Gasteiger partial charge on any atom is 0.244 e. The van der Waals surface area contributed by atoms with Crippen molar-refractivity contribution in [1.29, 1.82) is 0 Å². The van der Waals surface area contributed by atoms with Gasteiger partial charge in [0.1, 0.15) is 5.75 Å². The van der Waals surface area contributed by atoms with Crippen LogP contribution in [0.3, 0.4) is 0 Å². The fourth-order valence-corrected chi connectivity index (χ4v) is 1.76. The molecular weight excluding hydrogens is 214 g/mol. The summed E-state index contributed by atoms with van der Waals surface area (Å²) >= 11 is 1.31. The zero-order valence-electron chi connectivity index (χ0n) is 8.32. The number of nitrogens with two attached hydrogens (primary N) is 2. The standard InChI is InChI=1S/C9H13N3O2S/c1-14-6-2-3-7(10)8(4-6)15-5-9(13)12-11/h2-4H,5,10-11H2,1H3,(H,12,13). The quantitative estimate of drug-likeness (QED) is 0.227. The van der Waals surface area contributed by atoms with Gasteiger partial charge in [-0.2, -0.15) is 0 Å². The van der Waals surface area contributed by atoms with E-state index in [4.69, 9.17) is 16.3 Å². The summed E-state index contributed by atoms with van der Waals surface area (Å²) < 4.78 is 5.05. The third-order valence-corrected chi connectivity index (χ3v) is 2.81. The molecule has 0 radical (unpaired) electrons. The number of hydrogen-bond acceptors (Lipinski definition) is 5. The number of amides is 1. The van der Waals surface area contributed by atoms with Crippen LogP contribution in [0.1, 0.15) is 0 Å². The summed E-state index contributed by atoms with van der Waals surface area (Å²) in [5.74, 6) is 5.65. The lowest BCUT2D eigenvalue weighted by molar-refractivity contribution is -0.118. The lowest BCUT2D eigenvalue weighted by atomic mass is 10.3. The zero-order chi connectivity index (χ0) is 11.3. The van der Waals surface area contributed by atoms with Crippen LogP contribution in [0.25, 0.3) is 0 Å². The monoisotopic (exact) mass is 227 g/mol. The fraction of sp³-hybridized carbons (Fsp3) is 0.222. The van der Waals surface area contributed by atoms with Crippen LogP contribution in [0.5, 0.6) is 5.75 Å². The van der Waals surface area contributed by atoms with Gasteiger partial charge in [0.05, 0.1) is 12.9 Å². The molecule has 1 aromatic rings. The number of nitrogen functional groups attached to an aromatic ring is 1. The molecule has 0 atom stereocenters. The Balaban J connectivity index is 2.70. The summed E-state index contributed by atoms with van der Waals surface area (Å²) in [6.45, 7) is 0. The van der Waals surface area contributed by atoms with Crippen LogP contribution in [-0.4, -0.2) is 18.8 Å². The van der Waals surface area contributed by atoms with Crippen LogP contribution in [0.2, 0.25) is 0 Å². The number of hydrogen-bond donors (Lipinski definition) is 3. The largest absolute Gasteiger partial charge is 0.497 e. The lowest BCUT2D eigenvalue weighted by Crippen LogP contribution is -2.31. The molecule has 0 aliphatic carbocycles. The van der Waals surface area contributed by atoms with Crippen LogP contribution >= 0.6 is 11.8 Å². The molecule has 0 saturated heterocycles. The molecule has 0 aliphatic heterocycles. The van der Waals surface area contributed by atoms with E-state index in [0.717, 1.165) is 4.90 Å². The van der Waals surface area contributed by atoms with E-state index < -0.39 is 0 Å². The number of anilines is 1. The Morgan fingerprint density at radius 1 is 1.60 bits per heavy atom. The van der Waals surface area contributed by atoms with Crippen LogP contribution in [-0.2, 0) is 4.79 Å². The topological polar surface area (TPSA) is 90.4 Å². The van der Waals surface area contributed by atoms with Crippen molar-refractivity contribution in [3.05, 3.63) is 18.2 Å². The highest BCUT2D eigenvalue weighted by Crippen LogP contribution is 2.28. The minimum absolute atomic E-state index is 0.230. The van der Waals surface area contributed by atoms with E-state index in [-0.39, 0.29) is 11.7 Å². The molecule has 5 nitrogen and oxygen atoms in total. The smallest absolute Gasteiger partial charge is 0.244 e. The summed E-state index contributed by atoms with van der Waals surface area (Å²) in [5, 5.41) is 0. The highest BCUT2D eigenvalue weighted by atomic mass is 32.2. The highest BCUT2D eigenvalue weighted by molar-refractivity contribution is 8.00. The number of thioether (sulfide) groups is 1. The molecule has 0 saturated carbocycles. The van der Waals surface area contributed by atoms with Gasteiger partial charge < -0.3 is 10.5 Å². The molecule has 6 heteroatoms. The maximum atomic E-state index is 10.9. The Morgan fingerprint density at radius 2 is 2.33 bits per heavy atom. The molecular formula is C9H13N3O2S. The van der Waals surface area contributed by atoms with Gasteiger partial charge in [0.2, 0.25) is 5.91 Å². The predicted molar refractivity (Wildman–Crippen MR) is 60.5 cm³/mol. The van der Waals surface area contributed by atoms with E-state index in [0.29, 0.717) is 11.4 Å². The van der Waals surface area contributed by atoms with Crippen molar-refractivity contribution in [2.24, 2.45) is 5.84 Å². The van der Waals surface area contributed by atoms with Crippen molar-refractivity contribution >= 4 is 23.4 Å². The van der Waals surface area contributed by atoms with Crippen LogP contribution < -0.4 is 21.7 Å². The van der Waals surface area contributed by atoms with Crippen molar-refractivity contribution in [2.45, 2.75) is 4.90 Å². The summed E-state index contributed by atoms with van der Waals surface area (Å²) in [5.41, 5.74) is 8.40. The Morgan fingerprint density at radius 3 is 2.93 bits per heavy atom. The molecule has 0 bridgehead atoms. The number of nitrogens with one attached hydrogen (secondary N) is 1. The third-order valence-electron chi connectivity index (χ3n) is 1.74. The number of methoxy groups -OCH3 is 1. The van der Waals surface area contributed by atoms with Crippen molar-refractivity contribution in [3.63, 3.8) is 0 Å². The first-order valence-corrected chi connectivity index (χ1v) is 5.21. The SMILES string of the molecule is COc1ccc(N)c(SCC(=O)NN)c1. The second kappa shape index (κ2) is 5.47. The number of carbonyl (C=O) groups excluding carboxylic acids is 1. The zero-order valence-corrected chi connectivity index (χ0v) is 9.14. The minimum Gasteiger partial charge on any atom is -0.497 e. The molecule has 0 aromatic heterocycles.